The van der Waals surface area contributed by atoms with E-state index in [1.807, 2.05) is 42.5 Å². The van der Waals surface area contributed by atoms with E-state index in [2.05, 4.69) is 42.5 Å². The zero-order valence-corrected chi connectivity index (χ0v) is 15.4. The minimum Gasteiger partial charge on any atom is -0.444 e. The first-order valence-electron chi connectivity index (χ1n) is 9.05. The maximum absolute atomic E-state index is 11.9. The largest absolute Gasteiger partial charge is 0.444 e. The molecule has 4 heteroatoms. The van der Waals surface area contributed by atoms with Crippen molar-refractivity contribution in [1.29, 1.82) is 0 Å². The van der Waals surface area contributed by atoms with Crippen LogP contribution in [0.2, 0.25) is 0 Å². The van der Waals surface area contributed by atoms with E-state index in [0.717, 1.165) is 24.1 Å². The lowest BCUT2D eigenvalue weighted by molar-refractivity contribution is 0.155. The maximum atomic E-state index is 11.9. The lowest BCUT2D eigenvalue weighted by Gasteiger charge is -2.27. The van der Waals surface area contributed by atoms with Gasteiger partial charge in [0.05, 0.1) is 0 Å². The normalized spacial score (nSPS) is 16.9. The summed E-state index contributed by atoms with van der Waals surface area (Å²) in [6, 6.07) is 18.3. The first-order chi connectivity index (χ1) is 12.6. The molecule has 0 saturated carbocycles. The number of anilines is 1. The highest BCUT2D eigenvalue weighted by Crippen LogP contribution is 2.29. The monoisotopic (exact) mass is 350 g/mol. The quantitative estimate of drug-likeness (QED) is 0.831. The summed E-state index contributed by atoms with van der Waals surface area (Å²) in [5.74, 6) is 0. The molecule has 0 fully saturated rings. The van der Waals surface area contributed by atoms with Gasteiger partial charge in [-0.1, -0.05) is 48.5 Å². The maximum Gasteiger partial charge on any atom is 0.411 e. The summed E-state index contributed by atoms with van der Waals surface area (Å²) in [6.07, 6.45) is 5.27. The number of nitrogens with zero attached hydrogens (tertiary/aromatic N) is 1. The molecular weight excluding hydrogens is 324 g/mol. The summed E-state index contributed by atoms with van der Waals surface area (Å²) in [5, 5.41) is 2.78. The molecule has 0 heterocycles. The van der Waals surface area contributed by atoms with Crippen LogP contribution in [0, 0.1) is 0 Å². The summed E-state index contributed by atoms with van der Waals surface area (Å²) < 4.78 is 5.25. The van der Waals surface area contributed by atoms with Crippen molar-refractivity contribution in [2.24, 2.45) is 0 Å². The van der Waals surface area contributed by atoms with Crippen molar-refractivity contribution < 1.29 is 9.53 Å². The van der Waals surface area contributed by atoms with Gasteiger partial charge in [-0.15, -0.1) is 0 Å². The van der Waals surface area contributed by atoms with Crippen LogP contribution < -0.4 is 5.32 Å². The highest BCUT2D eigenvalue weighted by atomic mass is 16.5. The van der Waals surface area contributed by atoms with Crippen LogP contribution >= 0.6 is 0 Å². The zero-order chi connectivity index (χ0) is 18.4. The van der Waals surface area contributed by atoms with E-state index in [0.29, 0.717) is 6.04 Å². The molecule has 26 heavy (non-hydrogen) atoms. The Balaban J connectivity index is 1.52. The predicted molar refractivity (Wildman–Crippen MR) is 106 cm³/mol. The molecular formula is C22H26N2O2. The van der Waals surface area contributed by atoms with Gasteiger partial charge in [0.25, 0.3) is 0 Å². The molecule has 0 aromatic heterocycles. The van der Waals surface area contributed by atoms with Crippen molar-refractivity contribution in [3.05, 3.63) is 71.8 Å². The Morgan fingerprint density at radius 1 is 1.12 bits per heavy atom. The SMILES string of the molecule is CN(C)C1CC=C(c2ccc(NC(=O)OCc3ccccc3)cc2)CC1. The number of allylic oxidation sites excluding steroid dienone is 1. The van der Waals surface area contributed by atoms with Crippen molar-refractivity contribution in [2.75, 3.05) is 19.4 Å². The summed E-state index contributed by atoms with van der Waals surface area (Å²) in [6.45, 7) is 0.269. The van der Waals surface area contributed by atoms with E-state index in [-0.39, 0.29) is 6.61 Å². The number of rotatable bonds is 5. The van der Waals surface area contributed by atoms with Crippen molar-refractivity contribution in [2.45, 2.75) is 31.9 Å². The molecule has 1 aliphatic rings. The summed E-state index contributed by atoms with van der Waals surface area (Å²) >= 11 is 0. The first-order valence-corrected chi connectivity index (χ1v) is 9.05. The highest BCUT2D eigenvalue weighted by molar-refractivity contribution is 5.85. The molecule has 0 saturated heterocycles. The van der Waals surface area contributed by atoms with E-state index >= 15 is 0 Å². The van der Waals surface area contributed by atoms with Gasteiger partial charge in [-0.2, -0.15) is 0 Å². The molecule has 0 radical (unpaired) electrons. The van der Waals surface area contributed by atoms with E-state index in [1.54, 1.807) is 0 Å². The lowest BCUT2D eigenvalue weighted by atomic mass is 9.90. The number of hydrogen-bond donors (Lipinski definition) is 1. The van der Waals surface area contributed by atoms with Gasteiger partial charge in [0.2, 0.25) is 0 Å². The van der Waals surface area contributed by atoms with Gasteiger partial charge in [-0.05, 0) is 62.2 Å². The molecule has 1 amide bonds. The van der Waals surface area contributed by atoms with Gasteiger partial charge < -0.3 is 9.64 Å². The molecule has 3 rings (SSSR count). The second kappa shape index (κ2) is 8.68. The Bertz CT molecular complexity index is 751. The van der Waals surface area contributed by atoms with E-state index in [9.17, 15) is 4.79 Å². The van der Waals surface area contributed by atoms with E-state index in [4.69, 9.17) is 4.74 Å². The van der Waals surface area contributed by atoms with Crippen LogP contribution in [0.1, 0.15) is 30.4 Å². The molecule has 0 aliphatic heterocycles. The van der Waals surface area contributed by atoms with Crippen LogP contribution in [-0.2, 0) is 11.3 Å². The minimum absolute atomic E-state index is 0.269. The van der Waals surface area contributed by atoms with Gasteiger partial charge in [0, 0.05) is 11.7 Å². The fourth-order valence-corrected chi connectivity index (χ4v) is 3.20. The van der Waals surface area contributed by atoms with Crippen molar-refractivity contribution in [3.63, 3.8) is 0 Å². The third-order valence-electron chi connectivity index (χ3n) is 4.83. The van der Waals surface area contributed by atoms with E-state index < -0.39 is 6.09 Å². The second-order valence-electron chi connectivity index (χ2n) is 6.89. The smallest absolute Gasteiger partial charge is 0.411 e. The molecule has 2 aromatic carbocycles. The topological polar surface area (TPSA) is 41.6 Å². The Kier molecular flexibility index (Phi) is 6.08. The molecule has 1 N–H and O–H groups in total. The van der Waals surface area contributed by atoms with Crippen molar-refractivity contribution in [1.82, 2.24) is 4.90 Å². The van der Waals surface area contributed by atoms with Gasteiger partial charge in [0.1, 0.15) is 6.61 Å². The summed E-state index contributed by atoms with van der Waals surface area (Å²) in [4.78, 5) is 14.2. The first kappa shape index (κ1) is 18.2. The molecule has 1 atom stereocenters. The van der Waals surface area contributed by atoms with Crippen LogP contribution in [0.5, 0.6) is 0 Å². The number of carbonyl (C=O) groups is 1. The molecule has 1 unspecified atom stereocenters. The third-order valence-corrected chi connectivity index (χ3v) is 4.83. The molecule has 4 nitrogen and oxygen atoms in total. The van der Waals surface area contributed by atoms with E-state index in [1.165, 1.54) is 17.6 Å². The van der Waals surface area contributed by atoms with Crippen LogP contribution in [0.15, 0.2) is 60.7 Å². The second-order valence-corrected chi connectivity index (χ2v) is 6.89. The number of benzene rings is 2. The standard InChI is InChI=1S/C22H26N2O2/c1-24(2)21-14-10-19(11-15-21)18-8-12-20(13-9-18)23-22(25)26-16-17-6-4-3-5-7-17/h3-10,12-13,21H,11,14-16H2,1-2H3,(H,23,25). The number of ether oxygens (including phenoxy) is 1. The Labute approximate surface area is 155 Å². The number of carbonyl (C=O) groups excluding carboxylic acids is 1. The average Bonchev–Trinajstić information content (AvgIpc) is 2.68. The Morgan fingerprint density at radius 3 is 2.46 bits per heavy atom. The molecule has 0 bridgehead atoms. The molecule has 0 spiro atoms. The summed E-state index contributed by atoms with van der Waals surface area (Å²) in [7, 11) is 4.28. The molecule has 2 aromatic rings. The van der Waals surface area contributed by atoms with Gasteiger partial charge >= 0.3 is 6.09 Å². The lowest BCUT2D eigenvalue weighted by Crippen LogP contribution is -2.28. The van der Waals surface area contributed by atoms with Crippen molar-refractivity contribution in [3.8, 4) is 0 Å². The number of hydrogen-bond acceptors (Lipinski definition) is 3. The number of nitrogens with one attached hydrogen (secondary N) is 1. The Hall–Kier alpha value is -2.59. The highest BCUT2D eigenvalue weighted by Gasteiger charge is 2.16. The van der Waals surface area contributed by atoms with Crippen LogP contribution in [0.25, 0.3) is 5.57 Å². The zero-order valence-electron chi connectivity index (χ0n) is 15.4. The van der Waals surface area contributed by atoms with Crippen molar-refractivity contribution >= 4 is 17.4 Å². The average molecular weight is 350 g/mol. The van der Waals surface area contributed by atoms with Gasteiger partial charge in [-0.25, -0.2) is 4.79 Å². The van der Waals surface area contributed by atoms with Gasteiger partial charge in [-0.3, -0.25) is 5.32 Å². The minimum atomic E-state index is -0.438. The van der Waals surface area contributed by atoms with Crippen LogP contribution in [-0.4, -0.2) is 31.1 Å². The van der Waals surface area contributed by atoms with Crippen LogP contribution in [0.4, 0.5) is 10.5 Å². The third kappa shape index (κ3) is 4.96. The predicted octanol–water partition coefficient (Wildman–Crippen LogP) is 4.93. The van der Waals surface area contributed by atoms with Crippen LogP contribution in [0.3, 0.4) is 0 Å². The molecule has 1 aliphatic carbocycles. The summed E-state index contributed by atoms with van der Waals surface area (Å²) in [5.41, 5.74) is 4.33. The fraction of sp³-hybridized carbons (Fsp3) is 0.318. The fourth-order valence-electron chi connectivity index (χ4n) is 3.20. The molecule has 136 valence electrons. The Morgan fingerprint density at radius 2 is 1.85 bits per heavy atom. The van der Waals surface area contributed by atoms with Gasteiger partial charge in [0.15, 0.2) is 0 Å². The number of amides is 1.